The maximum Gasteiger partial charge on any atom is 0.256 e. The number of carbonyl (C=O) groups is 2. The van der Waals surface area contributed by atoms with Crippen molar-refractivity contribution < 1.29 is 14.0 Å². The molecule has 0 N–H and O–H groups in total. The Kier molecular flexibility index (Phi) is 7.33. The number of likely N-dealkylation sites (tertiary alicyclic amines) is 2. The first kappa shape index (κ1) is 28.1. The fourth-order valence-electron chi connectivity index (χ4n) is 7.81. The fraction of sp³-hybridized carbons (Fsp3) is 0.606. The minimum absolute atomic E-state index is 0.00841. The van der Waals surface area contributed by atoms with E-state index < -0.39 is 5.82 Å². The Labute approximate surface area is 243 Å². The third-order valence-electron chi connectivity index (χ3n) is 10.1. The van der Waals surface area contributed by atoms with Crippen LogP contribution in [0.3, 0.4) is 0 Å². The van der Waals surface area contributed by atoms with Crippen molar-refractivity contribution in [3.8, 4) is 5.69 Å². The lowest BCUT2D eigenvalue weighted by molar-refractivity contribution is -0.153. The Balaban J connectivity index is 1.18. The van der Waals surface area contributed by atoms with Gasteiger partial charge in [0.25, 0.3) is 5.91 Å². The van der Waals surface area contributed by atoms with Crippen LogP contribution in [0.2, 0.25) is 0 Å². The van der Waals surface area contributed by atoms with Crippen molar-refractivity contribution in [2.45, 2.75) is 65.3 Å². The van der Waals surface area contributed by atoms with Crippen LogP contribution < -0.4 is 0 Å². The van der Waals surface area contributed by atoms with Gasteiger partial charge in [-0.2, -0.15) is 0 Å². The minimum Gasteiger partial charge on any atom is -0.342 e. The second-order valence-corrected chi connectivity index (χ2v) is 13.7. The van der Waals surface area contributed by atoms with Crippen molar-refractivity contribution in [1.82, 2.24) is 19.3 Å². The number of hydrogen-bond donors (Lipinski definition) is 0. The summed E-state index contributed by atoms with van der Waals surface area (Å²) in [6.07, 6.45) is 8.84. The summed E-state index contributed by atoms with van der Waals surface area (Å²) in [6.45, 7) is 13.9. The Morgan fingerprint density at radius 3 is 2.66 bits per heavy atom. The van der Waals surface area contributed by atoms with Crippen LogP contribution in [0.1, 0.15) is 80.1 Å². The molecule has 1 aromatic heterocycles. The Morgan fingerprint density at radius 2 is 1.95 bits per heavy atom. The summed E-state index contributed by atoms with van der Waals surface area (Å²) in [7, 11) is 1.77. The molecule has 1 unspecified atom stereocenters. The lowest BCUT2D eigenvalue weighted by Crippen LogP contribution is -2.64. The van der Waals surface area contributed by atoms with Gasteiger partial charge in [-0.25, -0.2) is 4.39 Å². The highest BCUT2D eigenvalue weighted by Crippen LogP contribution is 2.52. The third-order valence-corrected chi connectivity index (χ3v) is 10.1. The molecule has 2 amide bonds. The normalized spacial score (nSPS) is 23.5. The molecule has 4 aliphatic rings. The molecule has 0 bridgehead atoms. The molecule has 1 saturated carbocycles. The summed E-state index contributed by atoms with van der Waals surface area (Å²) in [4.78, 5) is 35.9. The lowest BCUT2D eigenvalue weighted by atomic mass is 9.57. The van der Waals surface area contributed by atoms with Crippen molar-refractivity contribution in [2.24, 2.45) is 22.2 Å². The van der Waals surface area contributed by atoms with Crippen LogP contribution >= 0.6 is 0 Å². The number of nitrogens with zero attached hydrogens (tertiary/aromatic N) is 5. The third kappa shape index (κ3) is 5.24. The van der Waals surface area contributed by atoms with Gasteiger partial charge in [0.05, 0.1) is 16.9 Å². The molecule has 1 aliphatic carbocycles. The number of aromatic nitrogens is 1. The standard InChI is InChI=1S/C33H44FN5O2/c1-21(2)36(5)32(41)28-11-27(34)6-7-29(28)39-18-26(31-22(3)14-35-15-30(31)39)10-24-8-9-37(16-24)17-25-12-33(13-25)19-38(20-33)23(4)40/h6-7,11,15,18,21-22,24-25H,8-10,12-14,16-17,19-20H2,1-5H3/t22?,24-/m1/s1. The first-order chi connectivity index (χ1) is 19.5. The van der Waals surface area contributed by atoms with Crippen LogP contribution in [-0.4, -0.2) is 89.7 Å². The number of hydrogen-bond acceptors (Lipinski definition) is 4. The summed E-state index contributed by atoms with van der Waals surface area (Å²) in [6, 6.07) is 4.55. The van der Waals surface area contributed by atoms with Crippen molar-refractivity contribution in [1.29, 1.82) is 0 Å². The van der Waals surface area contributed by atoms with E-state index in [0.717, 1.165) is 50.8 Å². The van der Waals surface area contributed by atoms with Crippen molar-refractivity contribution in [2.75, 3.05) is 46.3 Å². The average molecular weight is 562 g/mol. The Hall–Kier alpha value is -3.00. The predicted molar refractivity (Wildman–Crippen MR) is 159 cm³/mol. The minimum atomic E-state index is -0.408. The number of benzene rings is 1. The van der Waals surface area contributed by atoms with E-state index in [2.05, 4.69) is 27.6 Å². The summed E-state index contributed by atoms with van der Waals surface area (Å²) in [5.41, 5.74) is 5.16. The van der Waals surface area contributed by atoms with E-state index in [0.29, 0.717) is 28.5 Å². The molecule has 3 aliphatic heterocycles. The van der Waals surface area contributed by atoms with Crippen LogP contribution in [0.15, 0.2) is 29.4 Å². The zero-order valence-electron chi connectivity index (χ0n) is 25.2. The summed E-state index contributed by atoms with van der Waals surface area (Å²) in [5, 5.41) is 0. The molecular weight excluding hydrogens is 517 g/mol. The highest BCUT2D eigenvalue weighted by atomic mass is 19.1. The van der Waals surface area contributed by atoms with Gasteiger partial charge >= 0.3 is 0 Å². The number of aliphatic imine (C=N–C) groups is 1. The van der Waals surface area contributed by atoms with Gasteiger partial charge in [0, 0.05) is 76.5 Å². The molecule has 2 saturated heterocycles. The van der Waals surface area contributed by atoms with Gasteiger partial charge in [0.2, 0.25) is 5.91 Å². The average Bonchev–Trinajstić information content (AvgIpc) is 3.48. The number of halogens is 1. The van der Waals surface area contributed by atoms with E-state index in [1.54, 1.807) is 24.9 Å². The van der Waals surface area contributed by atoms with E-state index in [1.165, 1.54) is 49.1 Å². The first-order valence-electron chi connectivity index (χ1n) is 15.3. The van der Waals surface area contributed by atoms with Gasteiger partial charge in [-0.3, -0.25) is 14.6 Å². The van der Waals surface area contributed by atoms with Crippen molar-refractivity contribution in [3.63, 3.8) is 0 Å². The highest BCUT2D eigenvalue weighted by Gasteiger charge is 2.53. The molecule has 2 aromatic rings. The SMILES string of the molecule is CC(=O)N1CC2(CC(CN3CC[C@H](Cc4cn(-c5ccc(F)cc5C(=O)N(C)C(C)C)c5c4C(C)CN=C5)C3)C2)C1. The van der Waals surface area contributed by atoms with E-state index in [4.69, 9.17) is 0 Å². The molecule has 7 nitrogen and oxygen atoms in total. The van der Waals surface area contributed by atoms with E-state index in [-0.39, 0.29) is 17.9 Å². The number of rotatable bonds is 7. The number of carbonyl (C=O) groups excluding carboxylic acids is 2. The number of fused-ring (bicyclic) bond motifs is 1. The predicted octanol–water partition coefficient (Wildman–Crippen LogP) is 4.76. The molecule has 1 spiro atoms. The van der Waals surface area contributed by atoms with E-state index in [1.807, 2.05) is 25.0 Å². The largest absolute Gasteiger partial charge is 0.342 e. The zero-order valence-corrected chi connectivity index (χ0v) is 25.2. The summed E-state index contributed by atoms with van der Waals surface area (Å²) < 4.78 is 16.5. The quantitative estimate of drug-likeness (QED) is 0.490. The topological polar surface area (TPSA) is 61.2 Å². The molecule has 2 atom stereocenters. The van der Waals surface area contributed by atoms with Crippen LogP contribution in [0.5, 0.6) is 0 Å². The summed E-state index contributed by atoms with van der Waals surface area (Å²) >= 11 is 0. The van der Waals surface area contributed by atoms with Gasteiger partial charge < -0.3 is 19.3 Å². The van der Waals surface area contributed by atoms with Gasteiger partial charge in [-0.05, 0) is 87.2 Å². The van der Waals surface area contributed by atoms with E-state index >= 15 is 0 Å². The summed E-state index contributed by atoms with van der Waals surface area (Å²) in [5.74, 6) is 1.27. The second kappa shape index (κ2) is 10.7. The van der Waals surface area contributed by atoms with Crippen LogP contribution in [0.25, 0.3) is 5.69 Å². The van der Waals surface area contributed by atoms with E-state index in [9.17, 15) is 14.0 Å². The van der Waals surface area contributed by atoms with Gasteiger partial charge in [0.1, 0.15) is 5.82 Å². The number of amides is 2. The molecule has 6 rings (SSSR count). The van der Waals surface area contributed by atoms with Crippen LogP contribution in [0.4, 0.5) is 4.39 Å². The maximum atomic E-state index is 14.4. The lowest BCUT2D eigenvalue weighted by Gasteiger charge is -2.59. The molecule has 4 heterocycles. The zero-order chi connectivity index (χ0) is 29.1. The van der Waals surface area contributed by atoms with Gasteiger partial charge in [0.15, 0.2) is 0 Å². The van der Waals surface area contributed by atoms with Gasteiger partial charge in [-0.15, -0.1) is 0 Å². The highest BCUT2D eigenvalue weighted by molar-refractivity contribution is 5.98. The molecule has 41 heavy (non-hydrogen) atoms. The van der Waals surface area contributed by atoms with Crippen molar-refractivity contribution >= 4 is 18.0 Å². The van der Waals surface area contributed by atoms with Crippen LogP contribution in [0, 0.1) is 23.1 Å². The monoisotopic (exact) mass is 561 g/mol. The molecule has 8 heteroatoms. The molecule has 0 radical (unpaired) electrons. The molecule has 1 aromatic carbocycles. The fourth-order valence-corrected chi connectivity index (χ4v) is 7.81. The maximum absolute atomic E-state index is 14.4. The van der Waals surface area contributed by atoms with Gasteiger partial charge in [-0.1, -0.05) is 6.92 Å². The molecular formula is C33H44FN5O2. The smallest absolute Gasteiger partial charge is 0.256 e. The second-order valence-electron chi connectivity index (χ2n) is 13.7. The first-order valence-corrected chi connectivity index (χ1v) is 15.3. The molecule has 3 fully saturated rings. The molecule has 220 valence electrons. The van der Waals surface area contributed by atoms with Crippen LogP contribution in [-0.2, 0) is 11.2 Å². The Bertz CT molecular complexity index is 1370. The van der Waals surface area contributed by atoms with Crippen molar-refractivity contribution in [3.05, 3.63) is 52.6 Å². The Morgan fingerprint density at radius 1 is 1.20 bits per heavy atom.